The summed E-state index contributed by atoms with van der Waals surface area (Å²) in [6.07, 6.45) is 2.17. The van der Waals surface area contributed by atoms with E-state index in [2.05, 4.69) is 31.0 Å². The van der Waals surface area contributed by atoms with Crippen molar-refractivity contribution in [3.63, 3.8) is 0 Å². The lowest BCUT2D eigenvalue weighted by Crippen LogP contribution is -2.41. The van der Waals surface area contributed by atoms with Crippen molar-refractivity contribution in [3.8, 4) is 5.75 Å². The minimum atomic E-state index is 0.0970. The minimum absolute atomic E-state index is 0.0970. The second-order valence-corrected chi connectivity index (χ2v) is 9.49. The predicted octanol–water partition coefficient (Wildman–Crippen LogP) is 4.26. The molecule has 1 amide bonds. The quantitative estimate of drug-likeness (QED) is 0.725. The third kappa shape index (κ3) is 5.68. The Kier molecular flexibility index (Phi) is 7.32. The van der Waals surface area contributed by atoms with Crippen molar-refractivity contribution in [1.29, 1.82) is 0 Å². The van der Waals surface area contributed by atoms with E-state index in [4.69, 9.17) is 4.74 Å². The lowest BCUT2D eigenvalue weighted by Gasteiger charge is -2.31. The van der Waals surface area contributed by atoms with Crippen molar-refractivity contribution in [2.75, 3.05) is 37.7 Å². The van der Waals surface area contributed by atoms with Gasteiger partial charge in [-0.3, -0.25) is 9.79 Å². The second-order valence-electron chi connectivity index (χ2n) is 7.14. The third-order valence-corrected chi connectivity index (χ3v) is 7.36. The van der Waals surface area contributed by atoms with Gasteiger partial charge in [0, 0.05) is 24.6 Å². The van der Waals surface area contributed by atoms with E-state index in [1.807, 2.05) is 40.6 Å². The van der Waals surface area contributed by atoms with E-state index >= 15 is 0 Å². The van der Waals surface area contributed by atoms with Crippen LogP contribution in [-0.4, -0.2) is 52.9 Å². The average Bonchev–Trinajstić information content (AvgIpc) is 3.19. The van der Waals surface area contributed by atoms with Crippen LogP contribution >= 0.6 is 23.5 Å². The van der Waals surface area contributed by atoms with Gasteiger partial charge < -0.3 is 9.64 Å². The fourth-order valence-corrected chi connectivity index (χ4v) is 5.35. The molecule has 26 heavy (non-hydrogen) atoms. The molecule has 6 heteroatoms. The Morgan fingerprint density at radius 1 is 1.31 bits per heavy atom. The summed E-state index contributed by atoms with van der Waals surface area (Å²) in [6, 6.07) is 8.05. The summed E-state index contributed by atoms with van der Waals surface area (Å²) in [5.74, 6) is 4.33. The van der Waals surface area contributed by atoms with Crippen LogP contribution in [0.1, 0.15) is 38.2 Å². The first-order valence-electron chi connectivity index (χ1n) is 9.42. The highest BCUT2D eigenvalue weighted by Gasteiger charge is 2.23. The molecular formula is C20H28N2O2S2. The molecule has 2 aliphatic heterocycles. The van der Waals surface area contributed by atoms with Gasteiger partial charge in [0.15, 0.2) is 6.61 Å². The number of hydrogen-bond donors (Lipinski definition) is 0. The Hall–Kier alpha value is -1.14. The summed E-state index contributed by atoms with van der Waals surface area (Å²) in [5, 5.41) is 0. The Labute approximate surface area is 165 Å². The van der Waals surface area contributed by atoms with E-state index < -0.39 is 0 Å². The van der Waals surface area contributed by atoms with Crippen molar-refractivity contribution in [1.82, 2.24) is 4.90 Å². The summed E-state index contributed by atoms with van der Waals surface area (Å²) in [6.45, 7) is 7.13. The molecule has 0 unspecified atom stereocenters. The summed E-state index contributed by atoms with van der Waals surface area (Å²) in [7, 11) is 0. The number of carbonyl (C=O) groups is 1. The number of ether oxygens (including phenoxy) is 1. The lowest BCUT2D eigenvalue weighted by atomic mass is 9.99. The second kappa shape index (κ2) is 9.70. The van der Waals surface area contributed by atoms with Crippen LogP contribution in [0.3, 0.4) is 0 Å². The third-order valence-electron chi connectivity index (χ3n) is 4.88. The van der Waals surface area contributed by atoms with E-state index in [9.17, 15) is 4.79 Å². The zero-order valence-electron chi connectivity index (χ0n) is 15.6. The number of thioether (sulfide) groups is 2. The molecule has 0 bridgehead atoms. The topological polar surface area (TPSA) is 41.9 Å². The van der Waals surface area contributed by atoms with Gasteiger partial charge in [-0.1, -0.05) is 49.5 Å². The fourth-order valence-electron chi connectivity index (χ4n) is 3.13. The van der Waals surface area contributed by atoms with Crippen LogP contribution in [0, 0.1) is 5.92 Å². The Bertz CT molecular complexity index is 623. The number of carbonyl (C=O) groups excluding carboxylic acids is 1. The zero-order valence-corrected chi connectivity index (χ0v) is 17.3. The summed E-state index contributed by atoms with van der Waals surface area (Å²) >= 11 is 3.77. The van der Waals surface area contributed by atoms with Crippen LogP contribution in [-0.2, 0) is 4.79 Å². The molecule has 0 saturated carbocycles. The maximum absolute atomic E-state index is 12.4. The van der Waals surface area contributed by atoms with E-state index in [0.717, 1.165) is 49.7 Å². The molecule has 0 spiro atoms. The first-order valence-corrected chi connectivity index (χ1v) is 11.4. The fraction of sp³-hybridized carbons (Fsp3) is 0.600. The van der Waals surface area contributed by atoms with E-state index in [0.29, 0.717) is 11.8 Å². The molecule has 1 fully saturated rings. The van der Waals surface area contributed by atoms with Crippen molar-refractivity contribution in [2.45, 2.75) is 32.6 Å². The molecule has 0 N–H and O–H groups in total. The van der Waals surface area contributed by atoms with Gasteiger partial charge in [-0.05, 0) is 42.4 Å². The van der Waals surface area contributed by atoms with Gasteiger partial charge in [-0.15, -0.1) is 0 Å². The van der Waals surface area contributed by atoms with Crippen LogP contribution in [0.25, 0.3) is 0 Å². The molecular weight excluding hydrogens is 364 g/mol. The van der Waals surface area contributed by atoms with Gasteiger partial charge in [0.05, 0.1) is 6.54 Å². The average molecular weight is 393 g/mol. The first-order chi connectivity index (χ1) is 12.6. The van der Waals surface area contributed by atoms with Crippen molar-refractivity contribution in [2.24, 2.45) is 10.9 Å². The molecule has 1 saturated heterocycles. The minimum Gasteiger partial charge on any atom is -0.484 e. The maximum Gasteiger partial charge on any atom is 0.260 e. The van der Waals surface area contributed by atoms with Gasteiger partial charge in [0.2, 0.25) is 0 Å². The van der Waals surface area contributed by atoms with E-state index in [1.54, 1.807) is 0 Å². The van der Waals surface area contributed by atoms with Gasteiger partial charge in [0.25, 0.3) is 5.91 Å². The molecule has 1 aromatic carbocycles. The maximum atomic E-state index is 12.4. The standard InChI is InChI=1S/C20H28N2O2S2/c1-15(2)17-3-5-18(6-4-17)24-13-19(23)22-10-7-16(8-11-22)14-26-20-21-9-12-25-20/h3-6,15-16H,7-14H2,1-2H3. The lowest BCUT2D eigenvalue weighted by molar-refractivity contribution is -0.134. The van der Waals surface area contributed by atoms with Crippen LogP contribution in [0.4, 0.5) is 0 Å². The van der Waals surface area contributed by atoms with Gasteiger partial charge >= 0.3 is 0 Å². The SMILES string of the molecule is CC(C)c1ccc(OCC(=O)N2CCC(CSC3=NCCS3)CC2)cc1. The molecule has 2 aliphatic rings. The number of nitrogens with zero attached hydrogens (tertiary/aromatic N) is 2. The van der Waals surface area contributed by atoms with Gasteiger partial charge in [-0.25, -0.2) is 0 Å². The van der Waals surface area contributed by atoms with Gasteiger partial charge in [-0.2, -0.15) is 0 Å². The number of benzene rings is 1. The summed E-state index contributed by atoms with van der Waals surface area (Å²) in [4.78, 5) is 18.8. The van der Waals surface area contributed by atoms with Crippen molar-refractivity contribution < 1.29 is 9.53 Å². The highest BCUT2D eigenvalue weighted by molar-refractivity contribution is 8.39. The molecule has 4 nitrogen and oxygen atoms in total. The molecule has 2 heterocycles. The predicted molar refractivity (Wildman–Crippen MR) is 113 cm³/mol. The molecule has 0 radical (unpaired) electrons. The van der Waals surface area contributed by atoms with Crippen molar-refractivity contribution >= 4 is 33.8 Å². The number of likely N-dealkylation sites (tertiary alicyclic amines) is 1. The smallest absolute Gasteiger partial charge is 0.260 e. The largest absolute Gasteiger partial charge is 0.484 e. The van der Waals surface area contributed by atoms with E-state index in [1.165, 1.54) is 9.94 Å². The first kappa shape index (κ1) is 19.6. The molecule has 0 aromatic heterocycles. The van der Waals surface area contributed by atoms with Crippen LogP contribution < -0.4 is 4.74 Å². The molecule has 142 valence electrons. The molecule has 0 atom stereocenters. The normalized spacial score (nSPS) is 18.3. The number of rotatable bonds is 6. The number of hydrogen-bond acceptors (Lipinski definition) is 5. The molecule has 1 aromatic rings. The van der Waals surface area contributed by atoms with Gasteiger partial charge in [0.1, 0.15) is 10.1 Å². The zero-order chi connectivity index (χ0) is 18.4. The Balaban J connectivity index is 1.36. The van der Waals surface area contributed by atoms with Crippen LogP contribution in [0.15, 0.2) is 29.3 Å². The van der Waals surface area contributed by atoms with E-state index in [-0.39, 0.29) is 12.5 Å². The number of amides is 1. The molecule has 3 rings (SSSR count). The highest BCUT2D eigenvalue weighted by atomic mass is 32.2. The molecule has 0 aliphatic carbocycles. The Morgan fingerprint density at radius 3 is 2.65 bits per heavy atom. The van der Waals surface area contributed by atoms with Crippen LogP contribution in [0.2, 0.25) is 0 Å². The summed E-state index contributed by atoms with van der Waals surface area (Å²) < 4.78 is 6.93. The number of aliphatic imine (C=N–C) groups is 1. The van der Waals surface area contributed by atoms with Crippen molar-refractivity contribution in [3.05, 3.63) is 29.8 Å². The number of piperidine rings is 1. The monoisotopic (exact) mass is 392 g/mol. The highest BCUT2D eigenvalue weighted by Crippen LogP contribution is 2.28. The summed E-state index contributed by atoms with van der Waals surface area (Å²) in [5.41, 5.74) is 1.28. The van der Waals surface area contributed by atoms with Crippen LogP contribution in [0.5, 0.6) is 5.75 Å². The Morgan fingerprint density at radius 2 is 2.04 bits per heavy atom.